The molecule has 26 heavy (non-hydrogen) atoms. The molecule has 0 aliphatic heterocycles. The Morgan fingerprint density at radius 2 is 1.54 bits per heavy atom. The Morgan fingerprint density at radius 1 is 0.923 bits per heavy atom. The molecule has 0 aliphatic carbocycles. The lowest BCUT2D eigenvalue weighted by Gasteiger charge is -2.10. The van der Waals surface area contributed by atoms with Gasteiger partial charge < -0.3 is 16.0 Å². The number of rotatable bonds is 8. The molecule has 0 aromatic heterocycles. The summed E-state index contributed by atoms with van der Waals surface area (Å²) in [6.07, 6.45) is 0.489. The van der Waals surface area contributed by atoms with E-state index in [0.717, 1.165) is 11.4 Å². The Labute approximate surface area is 159 Å². The molecule has 3 amide bonds. The predicted molar refractivity (Wildman–Crippen MR) is 109 cm³/mol. The van der Waals surface area contributed by atoms with Crippen LogP contribution in [0.2, 0.25) is 0 Å². The van der Waals surface area contributed by atoms with Gasteiger partial charge in [0.1, 0.15) is 0 Å². The van der Waals surface area contributed by atoms with E-state index < -0.39 is 0 Å². The molecule has 5 nitrogen and oxygen atoms in total. The van der Waals surface area contributed by atoms with Crippen molar-refractivity contribution in [2.45, 2.75) is 25.2 Å². The quantitative estimate of drug-likeness (QED) is 0.470. The number of carbonyl (C=O) groups is 2. The van der Waals surface area contributed by atoms with Crippen molar-refractivity contribution in [2.75, 3.05) is 22.9 Å². The molecule has 3 N–H and O–H groups in total. The minimum Gasteiger partial charge on any atom is -0.337 e. The maximum atomic E-state index is 11.9. The molecule has 0 spiro atoms. The van der Waals surface area contributed by atoms with Crippen LogP contribution < -0.4 is 16.0 Å². The summed E-state index contributed by atoms with van der Waals surface area (Å²) >= 11 is 1.70. The van der Waals surface area contributed by atoms with Crippen molar-refractivity contribution in [2.24, 2.45) is 5.92 Å². The van der Waals surface area contributed by atoms with Gasteiger partial charge in [0.15, 0.2) is 0 Å². The Kier molecular flexibility index (Phi) is 8.02. The highest BCUT2D eigenvalue weighted by atomic mass is 32.2. The van der Waals surface area contributed by atoms with Crippen LogP contribution in [0, 0.1) is 5.92 Å². The molecule has 0 aliphatic rings. The average Bonchev–Trinajstić information content (AvgIpc) is 2.61. The lowest BCUT2D eigenvalue weighted by molar-refractivity contribution is -0.116. The van der Waals surface area contributed by atoms with E-state index in [0.29, 0.717) is 24.6 Å². The minimum atomic E-state index is -0.241. The van der Waals surface area contributed by atoms with Gasteiger partial charge in [-0.05, 0) is 42.3 Å². The molecule has 6 heteroatoms. The molecule has 2 aromatic rings. The zero-order chi connectivity index (χ0) is 18.8. The van der Waals surface area contributed by atoms with Gasteiger partial charge in [0.2, 0.25) is 5.91 Å². The average molecular weight is 372 g/mol. The highest BCUT2D eigenvalue weighted by Crippen LogP contribution is 2.16. The SMILES string of the molecule is CC(C)CC(=O)Nc1ccc(NC(=O)NCCSc2ccccc2)cc1. The van der Waals surface area contributed by atoms with Crippen molar-refractivity contribution >= 4 is 35.1 Å². The number of carbonyl (C=O) groups excluding carboxylic acids is 2. The second kappa shape index (κ2) is 10.5. The molecule has 0 saturated carbocycles. The number of hydrogen-bond acceptors (Lipinski definition) is 3. The second-order valence-corrected chi connectivity index (χ2v) is 7.43. The number of nitrogens with one attached hydrogen (secondary N) is 3. The van der Waals surface area contributed by atoms with Crippen LogP contribution in [0.25, 0.3) is 0 Å². The third-order valence-electron chi connectivity index (χ3n) is 3.42. The Morgan fingerprint density at radius 3 is 2.15 bits per heavy atom. The van der Waals surface area contributed by atoms with E-state index in [1.54, 1.807) is 36.0 Å². The van der Waals surface area contributed by atoms with E-state index in [1.165, 1.54) is 4.90 Å². The molecule has 0 unspecified atom stereocenters. The van der Waals surface area contributed by atoms with E-state index >= 15 is 0 Å². The summed E-state index contributed by atoms with van der Waals surface area (Å²) in [6.45, 7) is 4.59. The Hall–Kier alpha value is -2.47. The fraction of sp³-hybridized carbons (Fsp3) is 0.300. The number of urea groups is 1. The number of hydrogen-bond donors (Lipinski definition) is 3. The molecular weight excluding hydrogens is 346 g/mol. The van der Waals surface area contributed by atoms with Crippen molar-refractivity contribution in [3.05, 3.63) is 54.6 Å². The van der Waals surface area contributed by atoms with E-state index in [2.05, 4.69) is 16.0 Å². The predicted octanol–water partition coefficient (Wildman–Crippen LogP) is 4.59. The van der Waals surface area contributed by atoms with Gasteiger partial charge in [-0.15, -0.1) is 11.8 Å². The van der Waals surface area contributed by atoms with Crippen LogP contribution in [0.4, 0.5) is 16.2 Å². The fourth-order valence-electron chi connectivity index (χ4n) is 2.25. The van der Waals surface area contributed by atoms with Gasteiger partial charge in [0, 0.05) is 35.0 Å². The van der Waals surface area contributed by atoms with Crippen molar-refractivity contribution in [1.82, 2.24) is 5.32 Å². The largest absolute Gasteiger partial charge is 0.337 e. The van der Waals surface area contributed by atoms with Crippen LogP contribution in [-0.4, -0.2) is 24.2 Å². The van der Waals surface area contributed by atoms with Gasteiger partial charge in [-0.2, -0.15) is 0 Å². The van der Waals surface area contributed by atoms with E-state index in [9.17, 15) is 9.59 Å². The molecule has 138 valence electrons. The van der Waals surface area contributed by atoms with Crippen molar-refractivity contribution in [1.29, 1.82) is 0 Å². The van der Waals surface area contributed by atoms with E-state index in [-0.39, 0.29) is 11.9 Å². The molecule has 0 saturated heterocycles. The maximum absolute atomic E-state index is 11.9. The summed E-state index contributed by atoms with van der Waals surface area (Å²) in [5.74, 6) is 1.12. The number of amides is 3. The lowest BCUT2D eigenvalue weighted by Crippen LogP contribution is -2.30. The summed E-state index contributed by atoms with van der Waals surface area (Å²) in [5, 5.41) is 8.45. The van der Waals surface area contributed by atoms with Crippen LogP contribution in [-0.2, 0) is 4.79 Å². The number of thioether (sulfide) groups is 1. The molecule has 2 aromatic carbocycles. The smallest absolute Gasteiger partial charge is 0.319 e. The van der Waals surface area contributed by atoms with Crippen molar-refractivity contribution in [3.8, 4) is 0 Å². The van der Waals surface area contributed by atoms with Crippen LogP contribution >= 0.6 is 11.8 Å². The van der Waals surface area contributed by atoms with E-state index in [1.807, 2.05) is 44.2 Å². The first kappa shape index (κ1) is 19.8. The monoisotopic (exact) mass is 371 g/mol. The van der Waals surface area contributed by atoms with Gasteiger partial charge in [-0.25, -0.2) is 4.79 Å². The van der Waals surface area contributed by atoms with E-state index in [4.69, 9.17) is 0 Å². The summed E-state index contributed by atoms with van der Waals surface area (Å²) in [7, 11) is 0. The maximum Gasteiger partial charge on any atom is 0.319 e. The minimum absolute atomic E-state index is 0.00521. The molecule has 0 bridgehead atoms. The Balaban J connectivity index is 1.69. The molecule has 0 fully saturated rings. The van der Waals surface area contributed by atoms with Crippen molar-refractivity contribution in [3.63, 3.8) is 0 Å². The molecule has 0 heterocycles. The van der Waals surface area contributed by atoms with Crippen LogP contribution in [0.1, 0.15) is 20.3 Å². The zero-order valence-corrected chi connectivity index (χ0v) is 15.9. The summed E-state index contributed by atoms with van der Waals surface area (Å²) in [4.78, 5) is 24.8. The molecule has 0 atom stereocenters. The lowest BCUT2D eigenvalue weighted by atomic mass is 10.1. The van der Waals surface area contributed by atoms with Gasteiger partial charge >= 0.3 is 6.03 Å². The highest BCUT2D eigenvalue weighted by molar-refractivity contribution is 7.99. The van der Waals surface area contributed by atoms with Crippen LogP contribution in [0.3, 0.4) is 0 Å². The van der Waals surface area contributed by atoms with Crippen LogP contribution in [0.15, 0.2) is 59.5 Å². The first-order valence-electron chi connectivity index (χ1n) is 8.65. The second-order valence-electron chi connectivity index (χ2n) is 6.27. The number of anilines is 2. The molecule has 0 radical (unpaired) electrons. The topological polar surface area (TPSA) is 70.2 Å². The van der Waals surface area contributed by atoms with Gasteiger partial charge in [-0.1, -0.05) is 32.0 Å². The van der Waals surface area contributed by atoms with Crippen molar-refractivity contribution < 1.29 is 9.59 Å². The zero-order valence-electron chi connectivity index (χ0n) is 15.1. The van der Waals surface area contributed by atoms with Gasteiger partial charge in [0.05, 0.1) is 0 Å². The third kappa shape index (κ3) is 7.61. The molecule has 2 rings (SSSR count). The molecular formula is C20H25N3O2S. The first-order chi connectivity index (χ1) is 12.5. The Bertz CT molecular complexity index is 703. The normalized spacial score (nSPS) is 10.4. The third-order valence-corrected chi connectivity index (χ3v) is 4.43. The van der Waals surface area contributed by atoms with Gasteiger partial charge in [0.25, 0.3) is 0 Å². The summed E-state index contributed by atoms with van der Waals surface area (Å²) in [6, 6.07) is 16.9. The first-order valence-corrected chi connectivity index (χ1v) is 9.64. The highest BCUT2D eigenvalue weighted by Gasteiger charge is 2.06. The van der Waals surface area contributed by atoms with Gasteiger partial charge in [-0.3, -0.25) is 4.79 Å². The summed E-state index contributed by atoms with van der Waals surface area (Å²) < 4.78 is 0. The fourth-order valence-corrected chi connectivity index (χ4v) is 3.03. The number of benzene rings is 2. The standard InChI is InChI=1S/C20H25N3O2S/c1-15(2)14-19(24)22-16-8-10-17(11-9-16)23-20(25)21-12-13-26-18-6-4-3-5-7-18/h3-11,15H,12-14H2,1-2H3,(H,22,24)(H2,21,23,25). The summed E-state index contributed by atoms with van der Waals surface area (Å²) in [5.41, 5.74) is 1.40. The van der Waals surface area contributed by atoms with Crippen LogP contribution in [0.5, 0.6) is 0 Å².